The molecular weight excluding hydrogens is 260 g/mol. The standard InChI is InChI=1S/C19H22O2/c1-14(20)17-18(2,3)19(21-17,15-10-6-4-7-11-15)16-12-8-5-9-13-16/h4-14,17,20H,1-3H3/t14-,17+/m1/s1. The van der Waals surface area contributed by atoms with E-state index in [0.29, 0.717) is 0 Å². The van der Waals surface area contributed by atoms with Crippen molar-refractivity contribution in [2.45, 2.75) is 38.6 Å². The maximum absolute atomic E-state index is 10.0. The van der Waals surface area contributed by atoms with Crippen molar-refractivity contribution in [2.24, 2.45) is 5.41 Å². The molecule has 0 saturated carbocycles. The number of ether oxygens (including phenoxy) is 1. The summed E-state index contributed by atoms with van der Waals surface area (Å²) in [5.41, 5.74) is 1.58. The van der Waals surface area contributed by atoms with Crippen LogP contribution in [-0.2, 0) is 10.3 Å². The molecule has 1 saturated heterocycles. The van der Waals surface area contributed by atoms with E-state index in [1.54, 1.807) is 6.92 Å². The molecule has 110 valence electrons. The molecule has 0 amide bonds. The highest BCUT2D eigenvalue weighted by molar-refractivity contribution is 5.42. The fraction of sp³-hybridized carbons (Fsp3) is 0.368. The van der Waals surface area contributed by atoms with Gasteiger partial charge >= 0.3 is 0 Å². The van der Waals surface area contributed by atoms with Crippen LogP contribution in [0, 0.1) is 5.41 Å². The van der Waals surface area contributed by atoms with Crippen LogP contribution in [0.4, 0.5) is 0 Å². The monoisotopic (exact) mass is 282 g/mol. The highest BCUT2D eigenvalue weighted by atomic mass is 16.6. The third-order valence-electron chi connectivity index (χ3n) is 4.72. The van der Waals surface area contributed by atoms with Gasteiger partial charge in [-0.3, -0.25) is 0 Å². The molecule has 1 aliphatic rings. The third kappa shape index (κ3) is 1.94. The van der Waals surface area contributed by atoms with Gasteiger partial charge in [-0.1, -0.05) is 74.5 Å². The minimum atomic E-state index is -0.503. The summed E-state index contributed by atoms with van der Waals surface area (Å²) in [5.74, 6) is 0. The van der Waals surface area contributed by atoms with E-state index in [2.05, 4.69) is 38.1 Å². The highest BCUT2D eigenvalue weighted by Gasteiger charge is 2.64. The number of rotatable bonds is 3. The van der Waals surface area contributed by atoms with E-state index in [0.717, 1.165) is 11.1 Å². The molecule has 0 aliphatic carbocycles. The van der Waals surface area contributed by atoms with Gasteiger partial charge in [0.15, 0.2) is 0 Å². The number of benzene rings is 2. The fourth-order valence-electron chi connectivity index (χ4n) is 3.73. The molecule has 1 fully saturated rings. The molecule has 2 nitrogen and oxygen atoms in total. The Bertz CT molecular complexity index is 562. The van der Waals surface area contributed by atoms with Crippen molar-refractivity contribution in [3.05, 3.63) is 71.8 Å². The zero-order valence-electron chi connectivity index (χ0n) is 12.8. The molecule has 1 N–H and O–H groups in total. The molecule has 0 radical (unpaired) electrons. The van der Waals surface area contributed by atoms with Gasteiger partial charge in [0.25, 0.3) is 0 Å². The van der Waals surface area contributed by atoms with Crippen molar-refractivity contribution in [2.75, 3.05) is 0 Å². The first-order chi connectivity index (χ1) is 10.00. The van der Waals surface area contributed by atoms with Crippen LogP contribution in [0.2, 0.25) is 0 Å². The van der Waals surface area contributed by atoms with Crippen molar-refractivity contribution < 1.29 is 9.84 Å². The minimum absolute atomic E-state index is 0.169. The Morgan fingerprint density at radius 2 is 1.33 bits per heavy atom. The van der Waals surface area contributed by atoms with Crippen LogP contribution in [0.3, 0.4) is 0 Å². The Kier molecular flexibility index (Phi) is 3.39. The average molecular weight is 282 g/mol. The van der Waals surface area contributed by atoms with Gasteiger partial charge in [-0.2, -0.15) is 0 Å². The summed E-state index contributed by atoms with van der Waals surface area (Å²) in [4.78, 5) is 0. The first kappa shape index (κ1) is 14.3. The molecule has 2 heteroatoms. The van der Waals surface area contributed by atoms with Gasteiger partial charge in [-0.15, -0.1) is 0 Å². The molecule has 2 aromatic rings. The number of aliphatic hydroxyl groups is 1. The van der Waals surface area contributed by atoms with Gasteiger partial charge in [-0.05, 0) is 18.1 Å². The van der Waals surface area contributed by atoms with Crippen molar-refractivity contribution in [3.63, 3.8) is 0 Å². The number of aliphatic hydroxyl groups excluding tert-OH is 1. The summed E-state index contributed by atoms with van der Waals surface area (Å²) < 4.78 is 6.33. The summed E-state index contributed by atoms with van der Waals surface area (Å²) in [6.07, 6.45) is -0.654. The maximum atomic E-state index is 10.0. The van der Waals surface area contributed by atoms with Crippen molar-refractivity contribution in [1.29, 1.82) is 0 Å². The van der Waals surface area contributed by atoms with Crippen LogP contribution in [0.5, 0.6) is 0 Å². The summed E-state index contributed by atoms with van der Waals surface area (Å²) in [6.45, 7) is 6.15. The quantitative estimate of drug-likeness (QED) is 0.929. The van der Waals surface area contributed by atoms with E-state index >= 15 is 0 Å². The molecule has 0 unspecified atom stereocenters. The fourth-order valence-corrected chi connectivity index (χ4v) is 3.73. The smallest absolute Gasteiger partial charge is 0.126 e. The summed E-state index contributed by atoms with van der Waals surface area (Å²) >= 11 is 0. The molecule has 0 spiro atoms. The van der Waals surface area contributed by atoms with E-state index in [1.807, 2.05) is 36.4 Å². The second-order valence-electron chi connectivity index (χ2n) is 6.41. The predicted octanol–water partition coefficient (Wildman–Crippen LogP) is 3.74. The summed E-state index contributed by atoms with van der Waals surface area (Å²) in [5, 5.41) is 10.0. The van der Waals surface area contributed by atoms with Crippen LogP contribution >= 0.6 is 0 Å². The minimum Gasteiger partial charge on any atom is -0.391 e. The van der Waals surface area contributed by atoms with Gasteiger partial charge in [0.05, 0.1) is 12.2 Å². The Labute approximate surface area is 126 Å². The molecule has 1 heterocycles. The molecule has 3 rings (SSSR count). The van der Waals surface area contributed by atoms with E-state index < -0.39 is 11.7 Å². The van der Waals surface area contributed by atoms with E-state index in [4.69, 9.17) is 4.74 Å². The SMILES string of the molecule is C[C@@H](O)[C@@H]1OC(c2ccccc2)(c2ccccc2)C1(C)C. The second-order valence-corrected chi connectivity index (χ2v) is 6.41. The van der Waals surface area contributed by atoms with Crippen molar-refractivity contribution in [1.82, 2.24) is 0 Å². The predicted molar refractivity (Wildman–Crippen MR) is 84.0 cm³/mol. The van der Waals surface area contributed by atoms with Crippen LogP contribution in [0.25, 0.3) is 0 Å². The Balaban J connectivity index is 2.16. The Morgan fingerprint density at radius 1 is 0.905 bits per heavy atom. The molecule has 21 heavy (non-hydrogen) atoms. The third-order valence-corrected chi connectivity index (χ3v) is 4.72. The Morgan fingerprint density at radius 3 is 1.67 bits per heavy atom. The lowest BCUT2D eigenvalue weighted by molar-refractivity contribution is -0.317. The van der Waals surface area contributed by atoms with E-state index in [-0.39, 0.29) is 11.5 Å². The first-order valence-corrected chi connectivity index (χ1v) is 7.47. The molecule has 2 aromatic carbocycles. The average Bonchev–Trinajstić information content (AvgIpc) is 2.48. The lowest BCUT2D eigenvalue weighted by Crippen LogP contribution is -2.67. The van der Waals surface area contributed by atoms with E-state index in [9.17, 15) is 5.11 Å². The zero-order chi connectivity index (χ0) is 15.1. The van der Waals surface area contributed by atoms with Crippen molar-refractivity contribution >= 4 is 0 Å². The highest BCUT2D eigenvalue weighted by Crippen LogP contribution is 2.60. The summed E-state index contributed by atoms with van der Waals surface area (Å²) in [7, 11) is 0. The van der Waals surface area contributed by atoms with Crippen LogP contribution in [0.1, 0.15) is 31.9 Å². The van der Waals surface area contributed by atoms with Crippen molar-refractivity contribution in [3.8, 4) is 0 Å². The normalized spacial score (nSPS) is 24.1. The van der Waals surface area contributed by atoms with Crippen LogP contribution in [0.15, 0.2) is 60.7 Å². The van der Waals surface area contributed by atoms with Gasteiger partial charge in [-0.25, -0.2) is 0 Å². The van der Waals surface area contributed by atoms with Crippen LogP contribution < -0.4 is 0 Å². The molecule has 1 aliphatic heterocycles. The number of hydrogen-bond acceptors (Lipinski definition) is 2. The lowest BCUT2D eigenvalue weighted by atomic mass is 9.58. The topological polar surface area (TPSA) is 29.5 Å². The maximum Gasteiger partial charge on any atom is 0.126 e. The largest absolute Gasteiger partial charge is 0.391 e. The molecule has 0 aromatic heterocycles. The van der Waals surface area contributed by atoms with Gasteiger partial charge in [0.1, 0.15) is 5.60 Å². The summed E-state index contributed by atoms with van der Waals surface area (Å²) in [6, 6.07) is 20.6. The zero-order valence-corrected chi connectivity index (χ0v) is 12.8. The van der Waals surface area contributed by atoms with E-state index in [1.165, 1.54) is 0 Å². The van der Waals surface area contributed by atoms with Gasteiger partial charge in [0.2, 0.25) is 0 Å². The molecule has 0 bridgehead atoms. The second kappa shape index (κ2) is 4.97. The van der Waals surface area contributed by atoms with Gasteiger partial charge in [0, 0.05) is 5.41 Å². The number of hydrogen-bond donors (Lipinski definition) is 1. The molecule has 2 atom stereocenters. The molecular formula is C19H22O2. The Hall–Kier alpha value is -1.64. The first-order valence-electron chi connectivity index (χ1n) is 7.47. The lowest BCUT2D eigenvalue weighted by Gasteiger charge is -2.62. The van der Waals surface area contributed by atoms with Gasteiger partial charge < -0.3 is 9.84 Å². The van der Waals surface area contributed by atoms with Crippen LogP contribution in [-0.4, -0.2) is 17.3 Å².